The van der Waals surface area contributed by atoms with Gasteiger partial charge in [0.1, 0.15) is 11.3 Å². The SMILES string of the molecule is CCOC1(CC)CCCC[Si]1(OCC)OCC.OCC1CO1. The highest BCUT2D eigenvalue weighted by molar-refractivity contribution is 6.70. The molecule has 6 heteroatoms. The third kappa shape index (κ3) is 5.01. The van der Waals surface area contributed by atoms with Crippen molar-refractivity contribution < 1.29 is 23.4 Å². The van der Waals surface area contributed by atoms with E-state index in [0.29, 0.717) is 0 Å². The molecule has 22 heavy (non-hydrogen) atoms. The summed E-state index contributed by atoms with van der Waals surface area (Å²) in [6, 6.07) is 1.09. The molecule has 2 unspecified atom stereocenters. The van der Waals surface area contributed by atoms with E-state index in [1.807, 2.05) is 0 Å². The summed E-state index contributed by atoms with van der Waals surface area (Å²) < 4.78 is 23.1. The molecular formula is C16H34O5Si. The first kappa shape index (κ1) is 20.1. The van der Waals surface area contributed by atoms with Gasteiger partial charge in [0.2, 0.25) is 0 Å². The molecule has 0 spiro atoms. The lowest BCUT2D eigenvalue weighted by Gasteiger charge is -2.49. The van der Waals surface area contributed by atoms with Gasteiger partial charge in [-0.25, -0.2) is 0 Å². The van der Waals surface area contributed by atoms with Crippen molar-refractivity contribution in [3.8, 4) is 0 Å². The minimum absolute atomic E-state index is 0.119. The summed E-state index contributed by atoms with van der Waals surface area (Å²) in [5.74, 6) is 0. The highest BCUT2D eigenvalue weighted by atomic mass is 28.4. The van der Waals surface area contributed by atoms with Crippen LogP contribution in [-0.2, 0) is 18.3 Å². The van der Waals surface area contributed by atoms with Crippen molar-refractivity contribution in [3.05, 3.63) is 0 Å². The number of epoxide rings is 1. The van der Waals surface area contributed by atoms with Gasteiger partial charge in [-0.1, -0.05) is 19.8 Å². The van der Waals surface area contributed by atoms with Gasteiger partial charge in [0, 0.05) is 19.8 Å². The Hall–Kier alpha value is 0.0169. The third-order valence-electron chi connectivity index (χ3n) is 4.38. The molecule has 1 N–H and O–H groups in total. The van der Waals surface area contributed by atoms with Crippen LogP contribution in [0.2, 0.25) is 6.04 Å². The monoisotopic (exact) mass is 334 g/mol. The Morgan fingerprint density at radius 1 is 1.09 bits per heavy atom. The van der Waals surface area contributed by atoms with Gasteiger partial charge in [-0.2, -0.15) is 0 Å². The number of aliphatic hydroxyl groups excluding tert-OH is 1. The minimum Gasteiger partial charge on any atom is -0.394 e. The molecule has 0 bridgehead atoms. The number of rotatable bonds is 8. The van der Waals surface area contributed by atoms with Gasteiger partial charge in [0.05, 0.1) is 13.2 Å². The van der Waals surface area contributed by atoms with E-state index in [9.17, 15) is 0 Å². The fourth-order valence-corrected chi connectivity index (χ4v) is 7.74. The summed E-state index contributed by atoms with van der Waals surface area (Å²) in [5.41, 5.74) is 0. The molecule has 132 valence electrons. The van der Waals surface area contributed by atoms with Crippen LogP contribution in [0.3, 0.4) is 0 Å². The number of hydrogen-bond donors (Lipinski definition) is 1. The quantitative estimate of drug-likeness (QED) is 0.546. The molecule has 0 aromatic rings. The van der Waals surface area contributed by atoms with Gasteiger partial charge in [-0.05, 0) is 39.7 Å². The van der Waals surface area contributed by atoms with Crippen LogP contribution in [-0.4, -0.2) is 58.0 Å². The molecule has 5 nitrogen and oxygen atoms in total. The minimum atomic E-state index is -2.21. The molecular weight excluding hydrogens is 300 g/mol. The largest absolute Gasteiger partial charge is 0.394 e. The van der Waals surface area contributed by atoms with Crippen LogP contribution in [0.4, 0.5) is 0 Å². The summed E-state index contributed by atoms with van der Waals surface area (Å²) >= 11 is 0. The van der Waals surface area contributed by atoms with E-state index >= 15 is 0 Å². The van der Waals surface area contributed by atoms with Gasteiger partial charge in [-0.15, -0.1) is 0 Å². The maximum Gasteiger partial charge on any atom is 0.371 e. The molecule has 0 saturated carbocycles. The average Bonchev–Trinajstić information content (AvgIpc) is 3.35. The summed E-state index contributed by atoms with van der Waals surface area (Å²) in [5, 5.41) is 7.96. The standard InChI is InChI=1S/C13H28O3Si.C3H6O2/c1-5-13(14-6-2)11-9-10-12-17(13,15-7-3)16-8-4;4-1-3-2-5-3/h5-12H2,1-4H3;3-4H,1-2H2. The van der Waals surface area contributed by atoms with E-state index in [2.05, 4.69) is 32.4 Å². The predicted molar refractivity (Wildman–Crippen MR) is 89.1 cm³/mol. The molecule has 2 fully saturated rings. The Labute approximate surface area is 136 Å². The van der Waals surface area contributed by atoms with Gasteiger partial charge in [-0.3, -0.25) is 0 Å². The van der Waals surface area contributed by atoms with Gasteiger partial charge in [0.25, 0.3) is 0 Å². The lowest BCUT2D eigenvalue weighted by Crippen LogP contribution is -2.65. The fourth-order valence-electron chi connectivity index (χ4n) is 3.28. The molecule has 2 heterocycles. The molecule has 2 saturated heterocycles. The number of ether oxygens (including phenoxy) is 2. The molecule has 2 atom stereocenters. The van der Waals surface area contributed by atoms with Gasteiger partial charge >= 0.3 is 8.56 Å². The van der Waals surface area contributed by atoms with Crippen molar-refractivity contribution in [3.63, 3.8) is 0 Å². The van der Waals surface area contributed by atoms with E-state index in [1.165, 1.54) is 12.8 Å². The summed E-state index contributed by atoms with van der Waals surface area (Å²) in [6.45, 7) is 11.6. The predicted octanol–water partition coefficient (Wildman–Crippen LogP) is 2.79. The number of hydrogen-bond acceptors (Lipinski definition) is 5. The zero-order valence-corrected chi connectivity index (χ0v) is 15.7. The van der Waals surface area contributed by atoms with Crippen LogP contribution < -0.4 is 0 Å². The summed E-state index contributed by atoms with van der Waals surface area (Å²) in [7, 11) is -2.21. The Morgan fingerprint density at radius 2 is 1.73 bits per heavy atom. The number of aliphatic hydroxyl groups is 1. The first-order chi connectivity index (χ1) is 10.6. The highest BCUT2D eigenvalue weighted by Crippen LogP contribution is 2.42. The van der Waals surface area contributed by atoms with Crippen LogP contribution in [0.1, 0.15) is 53.4 Å². The zero-order valence-electron chi connectivity index (χ0n) is 14.7. The molecule has 0 aromatic carbocycles. The Kier molecular flexibility index (Phi) is 9.12. The molecule has 2 aliphatic heterocycles. The molecule has 0 radical (unpaired) electrons. The second-order valence-electron chi connectivity index (χ2n) is 5.74. The highest BCUT2D eigenvalue weighted by Gasteiger charge is 2.58. The van der Waals surface area contributed by atoms with E-state index in [0.717, 1.165) is 45.3 Å². The lowest BCUT2D eigenvalue weighted by molar-refractivity contribution is -0.0426. The zero-order chi connectivity index (χ0) is 16.5. The van der Waals surface area contributed by atoms with Crippen molar-refractivity contribution >= 4 is 8.56 Å². The Morgan fingerprint density at radius 3 is 2.09 bits per heavy atom. The van der Waals surface area contributed by atoms with E-state index in [4.69, 9.17) is 18.7 Å². The van der Waals surface area contributed by atoms with E-state index < -0.39 is 8.56 Å². The normalized spacial score (nSPS) is 29.6. The lowest BCUT2D eigenvalue weighted by atomic mass is 10.1. The molecule has 2 rings (SSSR count). The summed E-state index contributed by atoms with van der Waals surface area (Å²) in [6.07, 6.45) is 4.76. The first-order valence-electron chi connectivity index (χ1n) is 8.77. The maximum absolute atomic E-state index is 8.08. The van der Waals surface area contributed by atoms with Gasteiger partial charge in [0.15, 0.2) is 0 Å². The Bertz CT molecular complexity index is 283. The smallest absolute Gasteiger partial charge is 0.371 e. The molecule has 0 amide bonds. The Balaban J connectivity index is 0.000000406. The van der Waals surface area contributed by atoms with Crippen molar-refractivity contribution in [2.75, 3.05) is 33.0 Å². The van der Waals surface area contributed by atoms with E-state index in [-0.39, 0.29) is 17.9 Å². The molecule has 0 aliphatic carbocycles. The first-order valence-corrected chi connectivity index (χ1v) is 10.8. The topological polar surface area (TPSA) is 60.5 Å². The average molecular weight is 335 g/mol. The van der Waals surface area contributed by atoms with Crippen LogP contribution in [0, 0.1) is 0 Å². The second-order valence-corrected chi connectivity index (χ2v) is 9.24. The van der Waals surface area contributed by atoms with Crippen molar-refractivity contribution in [1.82, 2.24) is 0 Å². The van der Waals surface area contributed by atoms with Crippen molar-refractivity contribution in [2.24, 2.45) is 0 Å². The third-order valence-corrected chi connectivity index (χ3v) is 9.04. The second kappa shape index (κ2) is 10.0. The maximum atomic E-state index is 8.08. The van der Waals surface area contributed by atoms with Crippen LogP contribution in [0.25, 0.3) is 0 Å². The van der Waals surface area contributed by atoms with Crippen LogP contribution in [0.5, 0.6) is 0 Å². The van der Waals surface area contributed by atoms with Gasteiger partial charge < -0.3 is 23.4 Å². The summed E-state index contributed by atoms with van der Waals surface area (Å²) in [4.78, 5) is 0. The van der Waals surface area contributed by atoms with Crippen molar-refractivity contribution in [1.29, 1.82) is 0 Å². The van der Waals surface area contributed by atoms with Crippen LogP contribution >= 0.6 is 0 Å². The van der Waals surface area contributed by atoms with Crippen molar-refractivity contribution in [2.45, 2.75) is 70.8 Å². The van der Waals surface area contributed by atoms with E-state index in [1.54, 1.807) is 0 Å². The molecule has 0 aromatic heterocycles. The molecule has 2 aliphatic rings. The fraction of sp³-hybridized carbons (Fsp3) is 1.00. The van der Waals surface area contributed by atoms with Crippen LogP contribution in [0.15, 0.2) is 0 Å².